The predicted molar refractivity (Wildman–Crippen MR) is 90.4 cm³/mol. The molecule has 2 aromatic rings. The Morgan fingerprint density at radius 1 is 1.46 bits per heavy atom. The van der Waals surface area contributed by atoms with Gasteiger partial charge >= 0.3 is 5.97 Å². The van der Waals surface area contributed by atoms with Gasteiger partial charge in [-0.25, -0.2) is 4.79 Å². The number of hydrogen-bond donors (Lipinski definition) is 2. The average Bonchev–Trinajstić information content (AvgIpc) is 2.59. The lowest BCUT2D eigenvalue weighted by molar-refractivity contribution is -0.131. The number of rotatable bonds is 4. The zero-order valence-corrected chi connectivity index (χ0v) is 13.5. The third-order valence-corrected chi connectivity index (χ3v) is 4.24. The van der Waals surface area contributed by atoms with E-state index in [9.17, 15) is 9.90 Å². The van der Waals surface area contributed by atoms with Crippen molar-refractivity contribution in [3.8, 4) is 11.5 Å². The monoisotopic (exact) mass is 325 g/mol. The molecule has 0 radical (unpaired) electrons. The van der Waals surface area contributed by atoms with E-state index in [4.69, 9.17) is 9.84 Å². The zero-order chi connectivity index (χ0) is 17.1. The van der Waals surface area contributed by atoms with Crippen LogP contribution in [0.25, 0.3) is 6.08 Å². The number of fused-ring (bicyclic) bond motifs is 1. The number of aliphatic carboxylic acids is 1. The maximum Gasteiger partial charge on any atom is 0.328 e. The maximum atomic E-state index is 10.8. The molecular formula is C19H19NO4. The van der Waals surface area contributed by atoms with Crippen LogP contribution in [0.5, 0.6) is 11.5 Å². The van der Waals surface area contributed by atoms with E-state index >= 15 is 0 Å². The van der Waals surface area contributed by atoms with Crippen molar-refractivity contribution in [2.45, 2.75) is 26.2 Å². The van der Waals surface area contributed by atoms with Crippen LogP contribution >= 0.6 is 0 Å². The second kappa shape index (κ2) is 6.74. The third-order valence-electron chi connectivity index (χ3n) is 4.24. The summed E-state index contributed by atoms with van der Waals surface area (Å²) in [6.07, 6.45) is 8.30. The summed E-state index contributed by atoms with van der Waals surface area (Å²) in [7, 11) is 0. The summed E-state index contributed by atoms with van der Waals surface area (Å²) in [5.74, 6) is -0.140. The van der Waals surface area contributed by atoms with Crippen LogP contribution in [0.3, 0.4) is 0 Å². The van der Waals surface area contributed by atoms with E-state index in [1.54, 1.807) is 19.3 Å². The first-order valence-corrected chi connectivity index (χ1v) is 7.88. The molecule has 24 heavy (non-hydrogen) atoms. The standard InChI is InChI=1S/C19H19NO4/c1-12-14(6-7-17(21)22)19-15(5-3-9-24-19)16(18(12)23)10-13-4-2-8-20-11-13/h2,4,6-8,11,23H,3,5,9-10H2,1H3,(H,21,22)/b7-6+. The first kappa shape index (κ1) is 16.1. The van der Waals surface area contributed by atoms with Crippen LogP contribution in [0.1, 0.15) is 34.2 Å². The number of carboxylic acids is 1. The van der Waals surface area contributed by atoms with Gasteiger partial charge in [0.05, 0.1) is 6.61 Å². The highest BCUT2D eigenvalue weighted by Gasteiger charge is 2.24. The number of aromatic nitrogens is 1. The predicted octanol–water partition coefficient (Wildman–Crippen LogP) is 3.11. The fourth-order valence-corrected chi connectivity index (χ4v) is 3.07. The van der Waals surface area contributed by atoms with E-state index in [1.165, 1.54) is 6.08 Å². The van der Waals surface area contributed by atoms with Gasteiger partial charge in [0, 0.05) is 47.1 Å². The van der Waals surface area contributed by atoms with Gasteiger partial charge in [0.25, 0.3) is 0 Å². The number of pyridine rings is 1. The Morgan fingerprint density at radius 2 is 2.29 bits per heavy atom. The van der Waals surface area contributed by atoms with Gasteiger partial charge in [-0.1, -0.05) is 6.07 Å². The third kappa shape index (κ3) is 3.11. The second-order valence-electron chi connectivity index (χ2n) is 5.84. The van der Waals surface area contributed by atoms with Crippen LogP contribution in [0, 0.1) is 6.92 Å². The van der Waals surface area contributed by atoms with Gasteiger partial charge in [-0.15, -0.1) is 0 Å². The molecule has 0 saturated carbocycles. The number of carbonyl (C=O) groups is 1. The van der Waals surface area contributed by atoms with Crippen molar-refractivity contribution in [2.75, 3.05) is 6.61 Å². The molecule has 1 aromatic carbocycles. The van der Waals surface area contributed by atoms with Gasteiger partial charge in [0.15, 0.2) is 0 Å². The summed E-state index contributed by atoms with van der Waals surface area (Å²) in [6, 6.07) is 3.84. The summed E-state index contributed by atoms with van der Waals surface area (Å²) < 4.78 is 5.83. The fourth-order valence-electron chi connectivity index (χ4n) is 3.07. The maximum absolute atomic E-state index is 10.8. The van der Waals surface area contributed by atoms with Crippen molar-refractivity contribution >= 4 is 12.0 Å². The quantitative estimate of drug-likeness (QED) is 0.844. The zero-order valence-electron chi connectivity index (χ0n) is 13.5. The van der Waals surface area contributed by atoms with Crippen LogP contribution in [-0.4, -0.2) is 27.8 Å². The normalized spacial score (nSPS) is 13.5. The van der Waals surface area contributed by atoms with E-state index < -0.39 is 5.97 Å². The number of phenols is 1. The van der Waals surface area contributed by atoms with E-state index in [2.05, 4.69) is 4.98 Å². The highest BCUT2D eigenvalue weighted by atomic mass is 16.5. The molecule has 0 aliphatic carbocycles. The molecule has 0 amide bonds. The molecule has 0 atom stereocenters. The van der Waals surface area contributed by atoms with Crippen molar-refractivity contribution in [3.63, 3.8) is 0 Å². The van der Waals surface area contributed by atoms with Crippen molar-refractivity contribution in [1.82, 2.24) is 4.98 Å². The Morgan fingerprint density at radius 3 is 3.00 bits per heavy atom. The summed E-state index contributed by atoms with van der Waals surface area (Å²) in [5, 5.41) is 19.6. The van der Waals surface area contributed by atoms with Gasteiger partial charge in [0.1, 0.15) is 11.5 Å². The number of benzene rings is 1. The highest BCUT2D eigenvalue weighted by molar-refractivity contribution is 5.87. The molecule has 5 nitrogen and oxygen atoms in total. The first-order chi connectivity index (χ1) is 11.6. The molecule has 0 fully saturated rings. The van der Waals surface area contributed by atoms with Gasteiger partial charge in [0.2, 0.25) is 0 Å². The van der Waals surface area contributed by atoms with Crippen LogP contribution in [0.4, 0.5) is 0 Å². The Labute approximate surface area is 140 Å². The average molecular weight is 325 g/mol. The lowest BCUT2D eigenvalue weighted by atomic mass is 9.89. The van der Waals surface area contributed by atoms with Crippen LogP contribution in [0.15, 0.2) is 30.6 Å². The van der Waals surface area contributed by atoms with Crippen molar-refractivity contribution in [1.29, 1.82) is 0 Å². The van der Waals surface area contributed by atoms with Gasteiger partial charge < -0.3 is 14.9 Å². The fraction of sp³-hybridized carbons (Fsp3) is 0.263. The summed E-state index contributed by atoms with van der Waals surface area (Å²) >= 11 is 0. The topological polar surface area (TPSA) is 79.7 Å². The van der Waals surface area contributed by atoms with Gasteiger partial charge in [-0.2, -0.15) is 0 Å². The van der Waals surface area contributed by atoms with Crippen LogP contribution < -0.4 is 4.74 Å². The SMILES string of the molecule is Cc1c(O)c(Cc2cccnc2)c2c(c1/C=C/C(=O)O)OCCC2. The largest absolute Gasteiger partial charge is 0.507 e. The summed E-state index contributed by atoms with van der Waals surface area (Å²) in [6.45, 7) is 2.37. The summed E-state index contributed by atoms with van der Waals surface area (Å²) in [4.78, 5) is 15.0. The van der Waals surface area contributed by atoms with E-state index in [0.717, 1.165) is 35.6 Å². The number of phenolic OH excluding ortho intramolecular Hbond substituents is 1. The molecular weight excluding hydrogens is 306 g/mol. The molecule has 0 spiro atoms. The lowest BCUT2D eigenvalue weighted by Crippen LogP contribution is -2.13. The van der Waals surface area contributed by atoms with Crippen LogP contribution in [-0.2, 0) is 17.6 Å². The number of aromatic hydroxyl groups is 1. The molecule has 3 rings (SSSR count). The molecule has 1 aliphatic rings. The molecule has 2 heterocycles. The Hall–Kier alpha value is -2.82. The lowest BCUT2D eigenvalue weighted by Gasteiger charge is -2.25. The van der Waals surface area contributed by atoms with Gasteiger partial charge in [-0.05, 0) is 37.5 Å². The van der Waals surface area contributed by atoms with Gasteiger partial charge in [-0.3, -0.25) is 4.98 Å². The smallest absolute Gasteiger partial charge is 0.328 e. The minimum Gasteiger partial charge on any atom is -0.507 e. The number of nitrogens with zero attached hydrogens (tertiary/aromatic N) is 1. The van der Waals surface area contributed by atoms with Crippen molar-refractivity contribution in [3.05, 3.63) is 58.4 Å². The number of ether oxygens (including phenoxy) is 1. The Bertz CT molecular complexity index is 797. The minimum absolute atomic E-state index is 0.202. The highest BCUT2D eigenvalue weighted by Crippen LogP contribution is 2.42. The first-order valence-electron chi connectivity index (χ1n) is 7.88. The Balaban J connectivity index is 2.13. The summed E-state index contributed by atoms with van der Waals surface area (Å²) in [5.41, 5.74) is 4.07. The molecule has 2 N–H and O–H groups in total. The Kier molecular flexibility index (Phi) is 4.51. The van der Waals surface area contributed by atoms with Crippen LogP contribution in [0.2, 0.25) is 0 Å². The van der Waals surface area contributed by atoms with E-state index in [-0.39, 0.29) is 5.75 Å². The van der Waals surface area contributed by atoms with E-state index in [0.29, 0.717) is 29.9 Å². The molecule has 0 bridgehead atoms. The van der Waals surface area contributed by atoms with Crippen molar-refractivity contribution < 1.29 is 19.7 Å². The molecule has 1 aliphatic heterocycles. The molecule has 1 aromatic heterocycles. The minimum atomic E-state index is -1.03. The number of carboxylic acid groups (broad SMARTS) is 1. The molecule has 0 unspecified atom stereocenters. The van der Waals surface area contributed by atoms with E-state index in [1.807, 2.05) is 12.1 Å². The second-order valence-corrected chi connectivity index (χ2v) is 5.84. The molecule has 124 valence electrons. The molecule has 0 saturated heterocycles. The number of hydrogen-bond acceptors (Lipinski definition) is 4. The molecule has 5 heteroatoms. The van der Waals surface area contributed by atoms with Crippen molar-refractivity contribution in [2.24, 2.45) is 0 Å².